The molecule has 0 radical (unpaired) electrons. The van der Waals surface area contributed by atoms with Gasteiger partial charge in [-0.2, -0.15) is 4.63 Å². The van der Waals surface area contributed by atoms with Gasteiger partial charge in [-0.1, -0.05) is 20.8 Å². The van der Waals surface area contributed by atoms with E-state index in [-0.39, 0.29) is 131 Å². The van der Waals surface area contributed by atoms with Crippen LogP contribution in [0.3, 0.4) is 0 Å². The number of nitrogens with two attached hydrogens (primary N) is 1. The number of anilines is 1. The number of aromatic carboxylic acids is 2. The number of hydrogen-bond acceptors (Lipinski definition) is 12. The second-order valence-electron chi connectivity index (χ2n) is 11.1. The van der Waals surface area contributed by atoms with Gasteiger partial charge < -0.3 is 19.8 Å². The van der Waals surface area contributed by atoms with Gasteiger partial charge in [0.1, 0.15) is 5.69 Å². The minimum atomic E-state index is -4.44. The molecule has 0 amide bonds. The summed E-state index contributed by atoms with van der Waals surface area (Å²) in [6, 6.07) is 10.9. The number of primary sulfonamides is 1. The Labute approximate surface area is 363 Å². The fourth-order valence-corrected chi connectivity index (χ4v) is 5.95. The Balaban J connectivity index is 0.00000325. The van der Waals surface area contributed by atoms with Crippen molar-refractivity contribution in [2.24, 2.45) is 15.4 Å². The molecule has 0 fully saturated rings. The van der Waals surface area contributed by atoms with E-state index in [0.29, 0.717) is 11.3 Å². The number of carbonyl (C=O) groups is 2. The summed E-state index contributed by atoms with van der Waals surface area (Å²) in [5.41, 5.74) is -0.615. The second-order valence-corrected chi connectivity index (χ2v) is 14.4. The van der Waals surface area contributed by atoms with Crippen LogP contribution in [0, 0.1) is 5.82 Å². The number of rotatable bonds is 9. The largest absolute Gasteiger partial charge is 1.00 e. The maximum Gasteiger partial charge on any atom is 1.00 e. The Hall–Kier alpha value is -2.26. The molecule has 0 bridgehead atoms. The Bertz CT molecular complexity index is 2310. The first-order valence-electron chi connectivity index (χ1n) is 13.3. The maximum absolute atomic E-state index is 14.6. The van der Waals surface area contributed by atoms with Crippen molar-refractivity contribution in [1.29, 1.82) is 0 Å². The van der Waals surface area contributed by atoms with Crippen molar-refractivity contribution in [3.63, 3.8) is 0 Å². The van der Waals surface area contributed by atoms with Crippen molar-refractivity contribution in [1.82, 2.24) is 19.8 Å². The number of aromatic amines is 1. The summed E-state index contributed by atoms with van der Waals surface area (Å²) in [6.07, 6.45) is 0. The third kappa shape index (κ3) is 9.35. The van der Waals surface area contributed by atoms with E-state index in [1.165, 1.54) is 28.9 Å². The van der Waals surface area contributed by atoms with Gasteiger partial charge in [-0.15, -0.1) is 15.3 Å². The first-order chi connectivity index (χ1) is 21.8. The fourth-order valence-electron chi connectivity index (χ4n) is 4.29. The molecule has 5 rings (SSSR count). The predicted octanol–water partition coefficient (Wildman–Crippen LogP) is -4.24. The average Bonchev–Trinajstić information content (AvgIpc) is 3.55. The van der Waals surface area contributed by atoms with Crippen molar-refractivity contribution in [2.45, 2.75) is 36.0 Å². The summed E-state index contributed by atoms with van der Waals surface area (Å²) >= 11 is 0. The van der Waals surface area contributed by atoms with Crippen LogP contribution in [0.4, 0.5) is 21.5 Å². The molecule has 49 heavy (non-hydrogen) atoms. The number of halogens is 1. The molecule has 2 heterocycles. The number of benzene rings is 3. The van der Waals surface area contributed by atoms with Crippen LogP contribution < -0.4 is 123 Å². The number of H-pyrrole nitrogens is 1. The van der Waals surface area contributed by atoms with E-state index in [2.05, 4.69) is 30.1 Å². The van der Waals surface area contributed by atoms with Crippen LogP contribution >= 0.6 is 0 Å². The Kier molecular flexibility index (Phi) is 13.1. The molecule has 21 heteroatoms. The number of azo groups is 1. The first-order valence-corrected chi connectivity index (χ1v) is 16.3. The topological polar surface area (TPSA) is 257 Å². The normalized spacial score (nSPS) is 12.0. The summed E-state index contributed by atoms with van der Waals surface area (Å²) in [6.45, 7) is 5.65. The van der Waals surface area contributed by atoms with Gasteiger partial charge in [0, 0.05) is 16.7 Å². The van der Waals surface area contributed by atoms with Gasteiger partial charge in [-0.25, -0.2) is 31.3 Å². The van der Waals surface area contributed by atoms with Crippen LogP contribution in [0.25, 0.3) is 17.0 Å². The molecule has 0 aliphatic carbocycles. The van der Waals surface area contributed by atoms with Gasteiger partial charge in [0.05, 0.1) is 27.4 Å². The molecule has 5 aromatic rings. The van der Waals surface area contributed by atoms with Crippen molar-refractivity contribution in [3.05, 3.63) is 83.3 Å². The van der Waals surface area contributed by atoms with Crippen molar-refractivity contribution < 1.29 is 144 Å². The van der Waals surface area contributed by atoms with Crippen LogP contribution in [0.2, 0.25) is 0 Å². The molecule has 0 unspecified atom stereocenters. The third-order valence-corrected chi connectivity index (χ3v) is 8.88. The molecule has 4 N–H and O–H groups in total. The summed E-state index contributed by atoms with van der Waals surface area (Å²) in [5, 5.41) is 43.3. The maximum atomic E-state index is 14.6. The van der Waals surface area contributed by atoms with E-state index in [4.69, 9.17) is 5.14 Å². The van der Waals surface area contributed by atoms with Gasteiger partial charge in [0.2, 0.25) is 15.7 Å². The molecular weight excluding hydrogens is 738 g/mol. The van der Waals surface area contributed by atoms with E-state index < -0.39 is 64.1 Å². The van der Waals surface area contributed by atoms with Crippen LogP contribution in [-0.4, -0.2) is 48.6 Å². The Morgan fingerprint density at radius 3 is 2.00 bits per heavy atom. The first kappa shape index (κ1) is 41.2. The fraction of sp³-hybridized carbons (Fsp3) is 0.143. The van der Waals surface area contributed by atoms with Crippen LogP contribution in [0.5, 0.6) is 0 Å². The number of nitrogens with zero attached hydrogens (tertiary/aromatic N) is 5. The monoisotopic (exact) mass is 760 g/mol. The molecule has 0 saturated heterocycles. The van der Waals surface area contributed by atoms with Crippen molar-refractivity contribution in [3.8, 4) is 11.4 Å². The molecule has 0 aliphatic rings. The molecule has 3 aromatic carbocycles. The predicted molar refractivity (Wildman–Crippen MR) is 159 cm³/mol. The van der Waals surface area contributed by atoms with E-state index >= 15 is 0 Å². The molecule has 0 atom stereocenters. The van der Waals surface area contributed by atoms with E-state index in [1.807, 2.05) is 20.8 Å². The number of carboxylic acids is 2. The van der Waals surface area contributed by atoms with Gasteiger partial charge in [-0.3, -0.25) is 9.82 Å². The molecule has 0 saturated carbocycles. The molecule has 0 aliphatic heterocycles. The van der Waals surface area contributed by atoms with Crippen LogP contribution in [0.15, 0.2) is 80.7 Å². The average molecular weight is 761 g/mol. The zero-order chi connectivity index (χ0) is 34.5. The smallest absolute Gasteiger partial charge is 0.545 e. The number of fused-ring (bicyclic) bond motifs is 1. The summed E-state index contributed by atoms with van der Waals surface area (Å²) in [5.74, 6) is -4.33. The molecule has 16 nitrogen and oxygen atoms in total. The van der Waals surface area contributed by atoms with E-state index in [1.54, 1.807) is 0 Å². The summed E-state index contributed by atoms with van der Waals surface area (Å²) in [4.78, 5) is 26.0. The number of nitrogens with one attached hydrogen (secondary N) is 2. The van der Waals surface area contributed by atoms with Crippen molar-refractivity contribution in [2.75, 3.05) is 4.72 Å². The molecule has 0 spiro atoms. The van der Waals surface area contributed by atoms with Gasteiger partial charge in [0.25, 0.3) is 10.0 Å². The zero-order valence-corrected chi connectivity index (χ0v) is 34.4. The number of hydrogen-bond donors (Lipinski definition) is 3. The Morgan fingerprint density at radius 1 is 0.898 bits per heavy atom. The minimum absolute atomic E-state index is 0. The standard InChI is InChI=1S/C28H25FN8O8S2.2K/c1-28(2,3)23-22(33-32-21-9-8-18(13-20(21)29)46(30,42)43)25-31-24(35-37(25)34-23)14-4-6-17(7-5-14)36-47(44,45)19-11-15(26(38)39)10-16(12-19)27(40)41;;/h4-13,34,36H,1-3H3,(H,38,39)(H,40,41)(H2,30,42,43);;/q;2*+1/p-2. The van der Waals surface area contributed by atoms with Crippen molar-refractivity contribution >= 4 is 54.7 Å². The third-order valence-electron chi connectivity index (χ3n) is 6.61. The SMILES string of the molecule is CC(C)(C)c1[nH]n2nc(-c3ccc(NS(=O)(=O)c4cc(C(=O)[O-])cc(C(=O)[O-])c4)cc3)nc2c1N=Nc1ccc(S(N)(=O)=O)cc1F.[K+].[K+]. The van der Waals surface area contributed by atoms with Gasteiger partial charge in [0.15, 0.2) is 17.3 Å². The summed E-state index contributed by atoms with van der Waals surface area (Å²) in [7, 11) is -8.57. The zero-order valence-electron chi connectivity index (χ0n) is 26.5. The van der Waals surface area contributed by atoms with Crippen LogP contribution in [0.1, 0.15) is 47.2 Å². The quantitative estimate of drug-likeness (QED) is 0.0964. The number of carbonyl (C=O) groups excluding carboxylic acids is 2. The molecule has 244 valence electrons. The van der Waals surface area contributed by atoms with Crippen LogP contribution in [-0.2, 0) is 25.5 Å². The minimum Gasteiger partial charge on any atom is -0.545 e. The van der Waals surface area contributed by atoms with Gasteiger partial charge in [-0.05, 0) is 71.8 Å². The molecule has 2 aromatic heterocycles. The second kappa shape index (κ2) is 15.5. The number of carboxylic acid groups (broad SMARTS) is 2. The number of aromatic nitrogens is 4. The Morgan fingerprint density at radius 2 is 1.49 bits per heavy atom. The van der Waals surface area contributed by atoms with E-state index in [0.717, 1.165) is 36.4 Å². The summed E-state index contributed by atoms with van der Waals surface area (Å²) < 4.78 is 67.1. The molecular formula is C28H23FK2N8O8S2. The number of sulfonamides is 2. The van der Waals surface area contributed by atoms with Gasteiger partial charge >= 0.3 is 103 Å². The van der Waals surface area contributed by atoms with E-state index in [9.17, 15) is 41.0 Å².